The number of rotatable bonds is 5. The molecule has 0 spiro atoms. The second kappa shape index (κ2) is 8.08. The molecule has 1 fully saturated rings. The van der Waals surface area contributed by atoms with E-state index < -0.39 is 5.82 Å². The van der Waals surface area contributed by atoms with Crippen molar-refractivity contribution >= 4 is 16.6 Å². The number of nitrogens with zero attached hydrogens (tertiary/aromatic N) is 5. The summed E-state index contributed by atoms with van der Waals surface area (Å²) in [4.78, 5) is 29.6. The normalized spacial score (nSPS) is 15.8. The molecule has 4 rings (SSSR count). The third kappa shape index (κ3) is 4.37. The molecule has 0 N–H and O–H groups in total. The third-order valence-electron chi connectivity index (χ3n) is 5.03. The summed E-state index contributed by atoms with van der Waals surface area (Å²) in [6, 6.07) is 5.19. The molecule has 0 amide bonds. The highest BCUT2D eigenvalue weighted by molar-refractivity contribution is 5.87. The van der Waals surface area contributed by atoms with Crippen LogP contribution in [0.1, 0.15) is 5.69 Å². The second-order valence-electron chi connectivity index (χ2n) is 7.28. The van der Waals surface area contributed by atoms with E-state index in [1.807, 2.05) is 12.1 Å². The highest BCUT2D eigenvalue weighted by atomic mass is 19.1. The first-order valence-electron chi connectivity index (χ1n) is 9.35. The van der Waals surface area contributed by atoms with E-state index in [4.69, 9.17) is 0 Å². The van der Waals surface area contributed by atoms with E-state index in [0.29, 0.717) is 24.2 Å². The molecule has 3 aromatic rings. The van der Waals surface area contributed by atoms with Crippen molar-refractivity contribution in [3.8, 4) is 11.3 Å². The molecule has 6 nitrogen and oxygen atoms in total. The Labute approximate surface area is 163 Å². The highest BCUT2D eigenvalue weighted by Crippen LogP contribution is 2.22. The van der Waals surface area contributed by atoms with Crippen molar-refractivity contribution in [3.63, 3.8) is 0 Å². The number of piperazine rings is 1. The highest BCUT2D eigenvalue weighted by Gasteiger charge is 2.17. The van der Waals surface area contributed by atoms with Crippen LogP contribution < -0.4 is 0 Å². The van der Waals surface area contributed by atoms with Crippen LogP contribution in [0.3, 0.4) is 0 Å². The number of hydrogen-bond acceptors (Lipinski definition) is 6. The molecular formula is C21H22FN5O. The lowest BCUT2D eigenvalue weighted by molar-refractivity contribution is -0.120. The molecule has 4 heterocycles. The topological polar surface area (TPSA) is 62.2 Å². The lowest BCUT2D eigenvalue weighted by Gasteiger charge is -2.31. The standard InChI is InChI=1S/C21H22FN5O/c1-26-2-4-27(5-3-26)14-20(28)9-19-7-15-8-21(25-12-17(15)11-24-19)16-6-18(22)13-23-10-16/h6-8,10-13H,2-5,9,14H2,1H3. The lowest BCUT2D eigenvalue weighted by atomic mass is 10.1. The number of Topliss-reactive ketones (excluding diaryl/α,β-unsaturated/α-hetero) is 1. The van der Waals surface area contributed by atoms with Crippen molar-refractivity contribution in [1.29, 1.82) is 0 Å². The fraction of sp³-hybridized carbons (Fsp3) is 0.333. The van der Waals surface area contributed by atoms with Gasteiger partial charge in [0.15, 0.2) is 5.78 Å². The molecule has 1 aliphatic heterocycles. The van der Waals surface area contributed by atoms with E-state index in [0.717, 1.165) is 42.6 Å². The van der Waals surface area contributed by atoms with Crippen molar-refractivity contribution in [1.82, 2.24) is 24.8 Å². The van der Waals surface area contributed by atoms with Gasteiger partial charge in [-0.15, -0.1) is 0 Å². The maximum Gasteiger partial charge on any atom is 0.152 e. The van der Waals surface area contributed by atoms with Crippen molar-refractivity contribution in [2.24, 2.45) is 0 Å². The number of ketones is 1. The van der Waals surface area contributed by atoms with Gasteiger partial charge in [0.25, 0.3) is 0 Å². The first-order chi connectivity index (χ1) is 13.6. The van der Waals surface area contributed by atoms with Gasteiger partial charge >= 0.3 is 0 Å². The van der Waals surface area contributed by atoms with E-state index in [1.54, 1.807) is 18.6 Å². The van der Waals surface area contributed by atoms with Gasteiger partial charge in [-0.05, 0) is 30.6 Å². The Morgan fingerprint density at radius 1 is 1.00 bits per heavy atom. The van der Waals surface area contributed by atoms with Crippen LogP contribution in [0.4, 0.5) is 4.39 Å². The van der Waals surface area contributed by atoms with Crippen molar-refractivity contribution in [2.75, 3.05) is 39.8 Å². The van der Waals surface area contributed by atoms with Gasteiger partial charge in [0, 0.05) is 61.4 Å². The van der Waals surface area contributed by atoms with E-state index in [2.05, 4.69) is 31.8 Å². The molecule has 3 aromatic heterocycles. The Hall–Kier alpha value is -2.77. The van der Waals surface area contributed by atoms with Crippen LogP contribution in [0, 0.1) is 5.82 Å². The van der Waals surface area contributed by atoms with Gasteiger partial charge in [-0.2, -0.15) is 0 Å². The molecular weight excluding hydrogens is 357 g/mol. The summed E-state index contributed by atoms with van der Waals surface area (Å²) in [5, 5.41) is 1.80. The average Bonchev–Trinajstić information content (AvgIpc) is 2.69. The van der Waals surface area contributed by atoms with Crippen LogP contribution in [0.5, 0.6) is 0 Å². The van der Waals surface area contributed by atoms with E-state index in [9.17, 15) is 9.18 Å². The Balaban J connectivity index is 1.49. The number of carbonyl (C=O) groups is 1. The smallest absolute Gasteiger partial charge is 0.152 e. The van der Waals surface area contributed by atoms with E-state index in [1.165, 1.54) is 12.3 Å². The third-order valence-corrected chi connectivity index (χ3v) is 5.03. The molecule has 0 aliphatic carbocycles. The molecule has 0 radical (unpaired) electrons. The van der Waals surface area contributed by atoms with Crippen LogP contribution in [0.25, 0.3) is 22.0 Å². The molecule has 0 atom stereocenters. The molecule has 1 aliphatic rings. The number of halogens is 1. The first kappa shape index (κ1) is 18.6. The second-order valence-corrected chi connectivity index (χ2v) is 7.28. The molecule has 7 heteroatoms. The molecule has 1 saturated heterocycles. The number of aromatic nitrogens is 3. The Kier molecular flexibility index (Phi) is 5.36. The Bertz CT molecular complexity index is 1000. The Morgan fingerprint density at radius 2 is 1.79 bits per heavy atom. The van der Waals surface area contributed by atoms with E-state index >= 15 is 0 Å². The largest absolute Gasteiger partial charge is 0.304 e. The summed E-state index contributed by atoms with van der Waals surface area (Å²) in [6.45, 7) is 4.29. The van der Waals surface area contributed by atoms with Gasteiger partial charge in [0.05, 0.1) is 24.9 Å². The van der Waals surface area contributed by atoms with Gasteiger partial charge in [-0.3, -0.25) is 24.6 Å². The number of pyridine rings is 3. The maximum atomic E-state index is 13.4. The van der Waals surface area contributed by atoms with E-state index in [-0.39, 0.29) is 5.78 Å². The van der Waals surface area contributed by atoms with Gasteiger partial charge < -0.3 is 4.90 Å². The Morgan fingerprint density at radius 3 is 2.57 bits per heavy atom. The summed E-state index contributed by atoms with van der Waals surface area (Å²) >= 11 is 0. The van der Waals surface area contributed by atoms with Gasteiger partial charge in [0.2, 0.25) is 0 Å². The minimum absolute atomic E-state index is 0.167. The van der Waals surface area contributed by atoms with Crippen LogP contribution in [0.2, 0.25) is 0 Å². The van der Waals surface area contributed by atoms with Crippen LogP contribution in [-0.4, -0.2) is 70.3 Å². The number of carbonyl (C=O) groups excluding carboxylic acids is 1. The minimum atomic E-state index is -0.399. The number of fused-ring (bicyclic) bond motifs is 1. The molecule has 0 aromatic carbocycles. The zero-order valence-electron chi connectivity index (χ0n) is 15.8. The minimum Gasteiger partial charge on any atom is -0.304 e. The first-order valence-corrected chi connectivity index (χ1v) is 9.35. The summed E-state index contributed by atoms with van der Waals surface area (Å²) in [6.07, 6.45) is 6.49. The molecule has 144 valence electrons. The van der Waals surface area contributed by atoms with Crippen molar-refractivity contribution in [3.05, 3.63) is 54.5 Å². The summed E-state index contributed by atoms with van der Waals surface area (Å²) in [5.41, 5.74) is 1.99. The predicted molar refractivity (Wildman–Crippen MR) is 105 cm³/mol. The monoisotopic (exact) mass is 379 g/mol. The van der Waals surface area contributed by atoms with Crippen molar-refractivity contribution < 1.29 is 9.18 Å². The number of likely N-dealkylation sites (N-methyl/N-ethyl adjacent to an activating group) is 1. The SMILES string of the molecule is CN1CCN(CC(=O)Cc2cc3cc(-c4cncc(F)c4)ncc3cn2)CC1. The lowest BCUT2D eigenvalue weighted by Crippen LogP contribution is -2.46. The van der Waals surface area contributed by atoms with Crippen molar-refractivity contribution in [2.45, 2.75) is 6.42 Å². The van der Waals surface area contributed by atoms with Crippen LogP contribution >= 0.6 is 0 Å². The summed E-state index contributed by atoms with van der Waals surface area (Å²) in [7, 11) is 2.10. The fourth-order valence-electron chi connectivity index (χ4n) is 3.40. The molecule has 0 unspecified atom stereocenters. The fourth-order valence-corrected chi connectivity index (χ4v) is 3.40. The van der Waals surface area contributed by atoms with Crippen LogP contribution in [-0.2, 0) is 11.2 Å². The van der Waals surface area contributed by atoms with Gasteiger partial charge in [-0.25, -0.2) is 4.39 Å². The molecule has 0 saturated carbocycles. The average molecular weight is 379 g/mol. The maximum absolute atomic E-state index is 13.4. The zero-order chi connectivity index (χ0) is 19.5. The zero-order valence-corrected chi connectivity index (χ0v) is 15.8. The number of hydrogen-bond donors (Lipinski definition) is 0. The predicted octanol–water partition coefficient (Wildman–Crippen LogP) is 2.19. The van der Waals surface area contributed by atoms with Crippen LogP contribution in [0.15, 0.2) is 43.0 Å². The molecule has 28 heavy (non-hydrogen) atoms. The summed E-state index contributed by atoms with van der Waals surface area (Å²) in [5.74, 6) is -0.232. The van der Waals surface area contributed by atoms with Gasteiger partial charge in [0.1, 0.15) is 5.82 Å². The quantitative estimate of drug-likeness (QED) is 0.677. The van der Waals surface area contributed by atoms with Gasteiger partial charge in [-0.1, -0.05) is 0 Å². The molecule has 0 bridgehead atoms. The summed E-state index contributed by atoms with van der Waals surface area (Å²) < 4.78 is 13.4.